The van der Waals surface area contributed by atoms with E-state index < -0.39 is 18.2 Å². The third-order valence-electron chi connectivity index (χ3n) is 5.41. The number of benzene rings is 2. The predicted molar refractivity (Wildman–Crippen MR) is 116 cm³/mol. The Morgan fingerprint density at radius 3 is 2.56 bits per heavy atom. The monoisotopic (exact) mass is 475 g/mol. The highest BCUT2D eigenvalue weighted by Gasteiger charge is 2.33. The van der Waals surface area contributed by atoms with Crippen LogP contribution in [0.5, 0.6) is 11.5 Å². The first-order valence-corrected chi connectivity index (χ1v) is 10.3. The van der Waals surface area contributed by atoms with Gasteiger partial charge in [-0.2, -0.15) is 0 Å². The van der Waals surface area contributed by atoms with E-state index in [1.54, 1.807) is 28.8 Å². The van der Waals surface area contributed by atoms with Crippen LogP contribution in [0.3, 0.4) is 0 Å². The fourth-order valence-electron chi connectivity index (χ4n) is 4.04. The minimum atomic E-state index is -4.86. The van der Waals surface area contributed by atoms with Gasteiger partial charge in [-0.15, -0.1) is 13.2 Å². The van der Waals surface area contributed by atoms with Gasteiger partial charge in [-0.25, -0.2) is 4.79 Å². The number of rotatable bonds is 6. The SMILES string of the molecule is O=C(O)NCC[C@H]1CNC(=O)c2cc(-c3cccc(OC(F)(F)F)c3)c(-c3ccc(O)cc3)n21. The third-order valence-corrected chi connectivity index (χ3v) is 5.41. The van der Waals surface area contributed by atoms with Crippen molar-refractivity contribution in [3.8, 4) is 33.9 Å². The van der Waals surface area contributed by atoms with Gasteiger partial charge in [0.2, 0.25) is 0 Å². The molecule has 0 spiro atoms. The fraction of sp³-hybridized carbons (Fsp3) is 0.217. The Hall–Kier alpha value is -4.15. The molecule has 0 bridgehead atoms. The average molecular weight is 475 g/mol. The molecule has 2 amide bonds. The summed E-state index contributed by atoms with van der Waals surface area (Å²) < 4.78 is 44.1. The minimum absolute atomic E-state index is 0.0243. The molecule has 3 aromatic rings. The number of phenols is 1. The summed E-state index contributed by atoms with van der Waals surface area (Å²) in [4.78, 5) is 23.6. The predicted octanol–water partition coefficient (Wildman–Crippen LogP) is 4.37. The Kier molecular flexibility index (Phi) is 6.10. The van der Waals surface area contributed by atoms with E-state index in [0.29, 0.717) is 28.8 Å². The van der Waals surface area contributed by atoms with Gasteiger partial charge in [-0.3, -0.25) is 4.79 Å². The summed E-state index contributed by atoms with van der Waals surface area (Å²) in [5.41, 5.74) is 2.33. The highest BCUT2D eigenvalue weighted by Crippen LogP contribution is 2.41. The number of carbonyl (C=O) groups is 2. The van der Waals surface area contributed by atoms with E-state index in [9.17, 15) is 27.9 Å². The number of alkyl halides is 3. The second kappa shape index (κ2) is 9.00. The number of hydrogen-bond acceptors (Lipinski definition) is 4. The Labute approximate surface area is 191 Å². The molecule has 8 nitrogen and oxygen atoms in total. The maximum absolute atomic E-state index is 12.8. The number of ether oxygens (including phenoxy) is 1. The zero-order chi connectivity index (χ0) is 24.5. The van der Waals surface area contributed by atoms with Crippen molar-refractivity contribution >= 4 is 12.0 Å². The van der Waals surface area contributed by atoms with Gasteiger partial charge in [0.05, 0.1) is 11.7 Å². The normalized spacial score (nSPS) is 15.4. The number of amides is 2. The third kappa shape index (κ3) is 4.92. The van der Waals surface area contributed by atoms with Crippen LogP contribution in [0.15, 0.2) is 54.6 Å². The molecule has 1 atom stereocenters. The van der Waals surface area contributed by atoms with Crippen molar-refractivity contribution < 1.29 is 37.7 Å². The minimum Gasteiger partial charge on any atom is -0.508 e. The standard InChI is InChI=1S/C23H20F3N3O5/c24-23(25,26)34-17-3-1-2-14(10-17)18-11-19-21(31)28-12-15(8-9-27-22(32)33)29(19)20(18)13-4-6-16(30)7-5-13/h1-7,10-11,15,27,30H,8-9,12H2,(H,28,31)(H,32,33)/t15-/m0/s1. The summed E-state index contributed by atoms with van der Waals surface area (Å²) in [5, 5.41) is 23.7. The van der Waals surface area contributed by atoms with Crippen LogP contribution in [-0.4, -0.2) is 46.2 Å². The number of nitrogens with zero attached hydrogens (tertiary/aromatic N) is 1. The largest absolute Gasteiger partial charge is 0.573 e. The van der Waals surface area contributed by atoms with Gasteiger partial charge in [0.1, 0.15) is 17.2 Å². The lowest BCUT2D eigenvalue weighted by atomic mass is 10.0. The lowest BCUT2D eigenvalue weighted by molar-refractivity contribution is -0.274. The highest BCUT2D eigenvalue weighted by molar-refractivity contribution is 5.98. The topological polar surface area (TPSA) is 113 Å². The van der Waals surface area contributed by atoms with Crippen molar-refractivity contribution in [1.82, 2.24) is 15.2 Å². The van der Waals surface area contributed by atoms with E-state index in [4.69, 9.17) is 5.11 Å². The second-order valence-electron chi connectivity index (χ2n) is 7.67. The lowest BCUT2D eigenvalue weighted by Gasteiger charge is -2.29. The van der Waals surface area contributed by atoms with Crippen LogP contribution < -0.4 is 15.4 Å². The zero-order valence-electron chi connectivity index (χ0n) is 17.6. The summed E-state index contributed by atoms with van der Waals surface area (Å²) in [5.74, 6) is -0.745. The quantitative estimate of drug-likeness (QED) is 0.423. The van der Waals surface area contributed by atoms with Crippen LogP contribution >= 0.6 is 0 Å². The van der Waals surface area contributed by atoms with Crippen molar-refractivity contribution in [2.24, 2.45) is 0 Å². The van der Waals surface area contributed by atoms with Crippen LogP contribution in [0.25, 0.3) is 22.4 Å². The first-order chi connectivity index (χ1) is 16.1. The van der Waals surface area contributed by atoms with Gasteiger partial charge in [-0.05, 0) is 60.0 Å². The van der Waals surface area contributed by atoms with Crippen molar-refractivity contribution in [2.75, 3.05) is 13.1 Å². The molecule has 0 aliphatic carbocycles. The van der Waals surface area contributed by atoms with Crippen molar-refractivity contribution in [3.63, 3.8) is 0 Å². The van der Waals surface area contributed by atoms with Gasteiger partial charge in [0.25, 0.3) is 5.91 Å². The Bertz CT molecular complexity index is 1220. The van der Waals surface area contributed by atoms with Crippen molar-refractivity contribution in [3.05, 3.63) is 60.3 Å². The number of nitrogens with one attached hydrogen (secondary N) is 2. The van der Waals surface area contributed by atoms with E-state index in [2.05, 4.69) is 15.4 Å². The smallest absolute Gasteiger partial charge is 0.508 e. The summed E-state index contributed by atoms with van der Waals surface area (Å²) in [7, 11) is 0. The van der Waals surface area contributed by atoms with Crippen LogP contribution in [-0.2, 0) is 0 Å². The summed E-state index contributed by atoms with van der Waals surface area (Å²) >= 11 is 0. The zero-order valence-corrected chi connectivity index (χ0v) is 17.6. The maximum Gasteiger partial charge on any atom is 0.573 e. The molecule has 4 rings (SSSR count). The summed E-state index contributed by atoms with van der Waals surface area (Å²) in [6.45, 7) is 0.371. The van der Waals surface area contributed by atoms with Gasteiger partial charge in [-0.1, -0.05) is 12.1 Å². The van der Waals surface area contributed by atoms with Gasteiger partial charge >= 0.3 is 12.5 Å². The molecule has 4 N–H and O–H groups in total. The first kappa shape index (κ1) is 23.0. The first-order valence-electron chi connectivity index (χ1n) is 10.3. The molecule has 1 aliphatic heterocycles. The number of phenolic OH excluding ortho intramolecular Hbond substituents is 1. The van der Waals surface area contributed by atoms with E-state index in [0.717, 1.165) is 0 Å². The van der Waals surface area contributed by atoms with Gasteiger partial charge < -0.3 is 30.2 Å². The molecule has 0 radical (unpaired) electrons. The Morgan fingerprint density at radius 1 is 1.15 bits per heavy atom. The number of carboxylic acid groups (broad SMARTS) is 1. The van der Waals surface area contributed by atoms with Gasteiger partial charge in [0.15, 0.2) is 0 Å². The molecular formula is C23H20F3N3O5. The Balaban J connectivity index is 1.86. The lowest BCUT2D eigenvalue weighted by Crippen LogP contribution is -2.40. The van der Waals surface area contributed by atoms with Crippen LogP contribution in [0.2, 0.25) is 0 Å². The number of fused-ring (bicyclic) bond motifs is 1. The number of hydrogen-bond donors (Lipinski definition) is 4. The molecule has 2 aromatic carbocycles. The van der Waals surface area contributed by atoms with Crippen molar-refractivity contribution in [2.45, 2.75) is 18.8 Å². The molecule has 2 heterocycles. The van der Waals surface area contributed by atoms with E-state index >= 15 is 0 Å². The van der Waals surface area contributed by atoms with E-state index in [1.807, 2.05) is 0 Å². The molecule has 178 valence electrons. The average Bonchev–Trinajstić information content (AvgIpc) is 3.16. The second-order valence-corrected chi connectivity index (χ2v) is 7.67. The number of halogens is 3. The molecule has 0 fully saturated rings. The molecule has 0 saturated carbocycles. The van der Waals surface area contributed by atoms with E-state index in [1.165, 1.54) is 30.3 Å². The number of aromatic hydroxyl groups is 1. The van der Waals surface area contributed by atoms with Crippen molar-refractivity contribution in [1.29, 1.82) is 0 Å². The molecule has 11 heteroatoms. The van der Waals surface area contributed by atoms with Gasteiger partial charge in [0, 0.05) is 18.7 Å². The number of carbonyl (C=O) groups excluding carboxylic acids is 1. The van der Waals surface area contributed by atoms with Crippen LogP contribution in [0.1, 0.15) is 23.0 Å². The summed E-state index contributed by atoms with van der Waals surface area (Å²) in [6, 6.07) is 12.9. The number of aromatic nitrogens is 1. The maximum atomic E-state index is 12.8. The molecule has 1 aromatic heterocycles. The molecule has 1 aliphatic rings. The van der Waals surface area contributed by atoms with Crippen LogP contribution in [0.4, 0.5) is 18.0 Å². The summed E-state index contributed by atoms with van der Waals surface area (Å²) in [6.07, 6.45) is -5.68. The molecular weight excluding hydrogens is 455 g/mol. The Morgan fingerprint density at radius 2 is 1.88 bits per heavy atom. The van der Waals surface area contributed by atoms with Crippen LogP contribution in [0, 0.1) is 0 Å². The molecule has 0 saturated heterocycles. The highest BCUT2D eigenvalue weighted by atomic mass is 19.4. The fourth-order valence-corrected chi connectivity index (χ4v) is 4.04. The molecule has 34 heavy (non-hydrogen) atoms. The van der Waals surface area contributed by atoms with E-state index in [-0.39, 0.29) is 36.5 Å². The molecule has 0 unspecified atom stereocenters.